The number of fused-ring (bicyclic) bond motifs is 3. The fraction of sp³-hybridized carbons (Fsp3) is 0.656. The SMILES string of the molecule is C=C1C2CC3C(C(C)C)C(OC(=O)c4cccnc4C)CC3(C)CC2/C(C)=C\CC2C(C)OC(=O)C(O)C12O. The summed E-state index contributed by atoms with van der Waals surface area (Å²) in [5.74, 6) is -0.969. The number of aromatic nitrogens is 1. The van der Waals surface area contributed by atoms with Crippen LogP contribution in [0.2, 0.25) is 0 Å². The third-order valence-corrected chi connectivity index (χ3v) is 10.7. The Balaban J connectivity index is 1.50. The molecule has 1 aromatic rings. The van der Waals surface area contributed by atoms with Crippen molar-refractivity contribution >= 4 is 11.9 Å². The van der Waals surface area contributed by atoms with E-state index >= 15 is 0 Å². The molecular formula is C32H43NO6. The maximum absolute atomic E-state index is 13.3. The molecule has 39 heavy (non-hydrogen) atoms. The number of cyclic esters (lactones) is 1. The van der Waals surface area contributed by atoms with Gasteiger partial charge in [-0.05, 0) is 93.2 Å². The average molecular weight is 538 g/mol. The topological polar surface area (TPSA) is 106 Å². The van der Waals surface area contributed by atoms with Crippen LogP contribution in [0.1, 0.15) is 76.4 Å². The predicted molar refractivity (Wildman–Crippen MR) is 146 cm³/mol. The van der Waals surface area contributed by atoms with Gasteiger partial charge in [-0.3, -0.25) is 4.98 Å². The van der Waals surface area contributed by atoms with Gasteiger partial charge in [-0.2, -0.15) is 0 Å². The number of rotatable bonds is 3. The van der Waals surface area contributed by atoms with Gasteiger partial charge in [0.2, 0.25) is 0 Å². The van der Waals surface area contributed by atoms with E-state index in [1.807, 2.05) is 6.92 Å². The molecule has 3 fully saturated rings. The van der Waals surface area contributed by atoms with E-state index < -0.39 is 29.7 Å². The largest absolute Gasteiger partial charge is 0.460 e. The van der Waals surface area contributed by atoms with Crippen LogP contribution in [-0.2, 0) is 14.3 Å². The Morgan fingerprint density at radius 3 is 2.62 bits per heavy atom. The minimum absolute atomic E-state index is 0.0704. The maximum atomic E-state index is 13.3. The summed E-state index contributed by atoms with van der Waals surface area (Å²) in [6.45, 7) is 16.8. The van der Waals surface area contributed by atoms with Crippen LogP contribution in [0.25, 0.3) is 0 Å². The lowest BCUT2D eigenvalue weighted by Crippen LogP contribution is -2.63. The summed E-state index contributed by atoms with van der Waals surface area (Å²) in [4.78, 5) is 30.1. The minimum atomic E-state index is -1.75. The van der Waals surface area contributed by atoms with Gasteiger partial charge in [0.05, 0.1) is 11.3 Å². The van der Waals surface area contributed by atoms with E-state index in [1.54, 1.807) is 25.3 Å². The summed E-state index contributed by atoms with van der Waals surface area (Å²) in [6, 6.07) is 3.52. The number of hydrogen-bond donors (Lipinski definition) is 2. The number of ether oxygens (including phenoxy) is 2. The quantitative estimate of drug-likeness (QED) is 0.421. The zero-order valence-electron chi connectivity index (χ0n) is 24.0. The molecule has 2 heterocycles. The van der Waals surface area contributed by atoms with Crippen molar-refractivity contribution in [3.8, 4) is 0 Å². The Bertz CT molecular complexity index is 1210. The lowest BCUT2D eigenvalue weighted by Gasteiger charge is -2.54. The van der Waals surface area contributed by atoms with Crippen LogP contribution in [0.5, 0.6) is 0 Å². The smallest absolute Gasteiger partial charge is 0.340 e. The number of esters is 2. The van der Waals surface area contributed by atoms with Crippen LogP contribution in [0, 0.1) is 47.8 Å². The standard InChI is InChI=1S/C32H43NO6/c1-16(2)27-25-13-22-18(4)32(37)24(20(6)38-30(36)28(32)34)11-10-17(3)23(22)14-31(25,7)15-26(27)39-29(35)21-9-8-12-33-19(21)5/h8-10,12,16,20,22-28,34,37H,4,11,13-15H2,1-3,5-7H3/b17-10-. The molecule has 0 amide bonds. The van der Waals surface area contributed by atoms with Gasteiger partial charge in [-0.25, -0.2) is 9.59 Å². The zero-order chi connectivity index (χ0) is 28.4. The number of pyridine rings is 1. The molecule has 5 rings (SSSR count). The van der Waals surface area contributed by atoms with Crippen molar-refractivity contribution in [2.75, 3.05) is 0 Å². The molecule has 2 saturated carbocycles. The molecule has 4 aliphatic rings. The number of allylic oxidation sites excluding steroid dienone is 2. The zero-order valence-corrected chi connectivity index (χ0v) is 24.0. The maximum Gasteiger partial charge on any atom is 0.340 e. The van der Waals surface area contributed by atoms with Crippen molar-refractivity contribution in [2.24, 2.45) is 40.9 Å². The Labute approximate surface area is 231 Å². The first kappa shape index (κ1) is 28.0. The summed E-state index contributed by atoms with van der Waals surface area (Å²) in [5.41, 5.74) is 1.11. The van der Waals surface area contributed by atoms with Crippen molar-refractivity contribution in [1.29, 1.82) is 0 Å². The lowest BCUT2D eigenvalue weighted by molar-refractivity contribution is -0.209. The number of aliphatic hydroxyl groups is 2. The number of carbonyl (C=O) groups is 2. The van der Waals surface area contributed by atoms with Gasteiger partial charge in [0.1, 0.15) is 17.8 Å². The molecule has 2 N–H and O–H groups in total. The number of carbonyl (C=O) groups excluding carboxylic acids is 2. The molecule has 212 valence electrons. The molecule has 10 unspecified atom stereocenters. The second kappa shape index (κ2) is 9.84. The van der Waals surface area contributed by atoms with Crippen LogP contribution in [0.15, 0.2) is 42.1 Å². The van der Waals surface area contributed by atoms with Crippen LogP contribution >= 0.6 is 0 Å². The normalized spacial score (nSPS) is 43.3. The molecule has 0 radical (unpaired) electrons. The highest BCUT2D eigenvalue weighted by Gasteiger charge is 2.62. The molecule has 0 bridgehead atoms. The Morgan fingerprint density at radius 2 is 1.95 bits per heavy atom. The average Bonchev–Trinajstić information content (AvgIpc) is 3.16. The van der Waals surface area contributed by atoms with E-state index in [9.17, 15) is 19.8 Å². The number of aliphatic hydroxyl groups excluding tert-OH is 1. The van der Waals surface area contributed by atoms with Crippen molar-refractivity contribution in [3.63, 3.8) is 0 Å². The van der Waals surface area contributed by atoms with Gasteiger partial charge in [0.15, 0.2) is 6.10 Å². The molecule has 1 aliphatic heterocycles. The molecule has 0 spiro atoms. The highest BCUT2D eigenvalue weighted by Crippen LogP contribution is 2.63. The van der Waals surface area contributed by atoms with E-state index in [4.69, 9.17) is 9.47 Å². The number of aryl methyl sites for hydroxylation is 1. The fourth-order valence-electron chi connectivity index (χ4n) is 8.62. The van der Waals surface area contributed by atoms with Gasteiger partial charge in [-0.1, -0.05) is 39.0 Å². The van der Waals surface area contributed by atoms with E-state index in [2.05, 4.69) is 45.3 Å². The Morgan fingerprint density at radius 1 is 1.23 bits per heavy atom. The predicted octanol–water partition coefficient (Wildman–Crippen LogP) is 4.80. The molecule has 1 saturated heterocycles. The molecular weight excluding hydrogens is 494 g/mol. The van der Waals surface area contributed by atoms with E-state index in [0.29, 0.717) is 23.3 Å². The highest BCUT2D eigenvalue weighted by molar-refractivity contribution is 5.90. The van der Waals surface area contributed by atoms with Crippen LogP contribution < -0.4 is 0 Å². The second-order valence-corrected chi connectivity index (χ2v) is 13.2. The summed E-state index contributed by atoms with van der Waals surface area (Å²) in [7, 11) is 0. The van der Waals surface area contributed by atoms with Crippen molar-refractivity contribution < 1.29 is 29.3 Å². The van der Waals surface area contributed by atoms with Crippen LogP contribution in [-0.4, -0.2) is 51.0 Å². The molecule has 3 aliphatic carbocycles. The summed E-state index contributed by atoms with van der Waals surface area (Å²) < 4.78 is 11.7. The number of hydrogen-bond acceptors (Lipinski definition) is 7. The Kier molecular flexibility index (Phi) is 7.08. The molecule has 7 nitrogen and oxygen atoms in total. The van der Waals surface area contributed by atoms with Crippen LogP contribution in [0.4, 0.5) is 0 Å². The van der Waals surface area contributed by atoms with E-state index in [-0.39, 0.29) is 47.1 Å². The summed E-state index contributed by atoms with van der Waals surface area (Å²) in [5, 5.41) is 23.0. The van der Waals surface area contributed by atoms with Gasteiger partial charge in [0, 0.05) is 18.0 Å². The summed E-state index contributed by atoms with van der Waals surface area (Å²) in [6.07, 6.45) is 4.28. The van der Waals surface area contributed by atoms with E-state index in [0.717, 1.165) is 19.3 Å². The van der Waals surface area contributed by atoms with Crippen LogP contribution in [0.3, 0.4) is 0 Å². The summed E-state index contributed by atoms with van der Waals surface area (Å²) >= 11 is 0. The third kappa shape index (κ3) is 4.37. The van der Waals surface area contributed by atoms with Crippen molar-refractivity contribution in [1.82, 2.24) is 4.98 Å². The molecule has 0 aromatic carbocycles. The first-order valence-corrected chi connectivity index (χ1v) is 14.4. The Hall–Kier alpha value is -2.51. The van der Waals surface area contributed by atoms with Gasteiger partial charge < -0.3 is 19.7 Å². The first-order chi connectivity index (χ1) is 18.3. The number of nitrogens with zero attached hydrogens (tertiary/aromatic N) is 1. The fourth-order valence-corrected chi connectivity index (χ4v) is 8.62. The van der Waals surface area contributed by atoms with E-state index in [1.165, 1.54) is 5.57 Å². The van der Waals surface area contributed by atoms with Crippen molar-refractivity contribution in [3.05, 3.63) is 53.4 Å². The van der Waals surface area contributed by atoms with Gasteiger partial charge in [0.25, 0.3) is 0 Å². The van der Waals surface area contributed by atoms with Crippen molar-refractivity contribution in [2.45, 2.75) is 91.1 Å². The monoisotopic (exact) mass is 537 g/mol. The van der Waals surface area contributed by atoms with Gasteiger partial charge >= 0.3 is 11.9 Å². The van der Waals surface area contributed by atoms with Gasteiger partial charge in [-0.15, -0.1) is 0 Å². The second-order valence-electron chi connectivity index (χ2n) is 13.2. The first-order valence-electron chi connectivity index (χ1n) is 14.4. The molecule has 7 heteroatoms. The minimum Gasteiger partial charge on any atom is -0.460 e. The molecule has 1 aromatic heterocycles. The highest BCUT2D eigenvalue weighted by atomic mass is 16.6. The molecule has 10 atom stereocenters. The lowest BCUT2D eigenvalue weighted by atomic mass is 9.53. The third-order valence-electron chi connectivity index (χ3n) is 10.7.